The fraction of sp³-hybridized carbons (Fsp3) is 0.433. The van der Waals surface area contributed by atoms with Crippen molar-refractivity contribution in [1.82, 2.24) is 14.9 Å². The highest BCUT2D eigenvalue weighted by atomic mass is 15.2. The third-order valence-corrected chi connectivity index (χ3v) is 7.95. The van der Waals surface area contributed by atoms with E-state index in [4.69, 9.17) is 4.98 Å². The van der Waals surface area contributed by atoms with Gasteiger partial charge in [0.25, 0.3) is 0 Å². The second kappa shape index (κ2) is 8.42. The molecule has 1 aliphatic heterocycles. The van der Waals surface area contributed by atoms with E-state index in [0.717, 1.165) is 30.5 Å². The van der Waals surface area contributed by atoms with E-state index in [1.54, 1.807) is 0 Å². The molecule has 0 bridgehead atoms. The number of nitrogens with one attached hydrogen (secondary N) is 1. The number of hydrogen-bond donors (Lipinski definition) is 1. The van der Waals surface area contributed by atoms with Crippen molar-refractivity contribution < 1.29 is 0 Å². The van der Waals surface area contributed by atoms with E-state index in [1.165, 1.54) is 76.5 Å². The number of pyridine rings is 1. The fourth-order valence-corrected chi connectivity index (χ4v) is 6.60. The van der Waals surface area contributed by atoms with Gasteiger partial charge in [-0.05, 0) is 70.2 Å². The molecule has 6 rings (SSSR count). The first-order valence-corrected chi connectivity index (χ1v) is 13.0. The highest BCUT2D eigenvalue weighted by Gasteiger charge is 2.29. The molecule has 0 radical (unpaired) electrons. The van der Waals surface area contributed by atoms with Gasteiger partial charge in [-0.2, -0.15) is 0 Å². The van der Waals surface area contributed by atoms with E-state index in [1.807, 2.05) is 0 Å². The minimum absolute atomic E-state index is 0.585. The highest BCUT2D eigenvalue weighted by Crippen LogP contribution is 2.40. The van der Waals surface area contributed by atoms with Gasteiger partial charge in [-0.1, -0.05) is 48.7 Å². The Labute approximate surface area is 203 Å². The van der Waals surface area contributed by atoms with Crippen LogP contribution in [0.2, 0.25) is 0 Å². The normalized spacial score (nSPS) is 19.2. The van der Waals surface area contributed by atoms with Crippen molar-refractivity contribution in [2.45, 2.75) is 71.9 Å². The molecule has 34 heavy (non-hydrogen) atoms. The van der Waals surface area contributed by atoms with Gasteiger partial charge < -0.3 is 10.2 Å². The lowest BCUT2D eigenvalue weighted by atomic mass is 10.0. The maximum atomic E-state index is 5.15. The van der Waals surface area contributed by atoms with Crippen LogP contribution >= 0.6 is 0 Å². The minimum Gasteiger partial charge on any atom is -0.369 e. The van der Waals surface area contributed by atoms with Crippen molar-refractivity contribution in [3.63, 3.8) is 0 Å². The molecule has 4 nitrogen and oxygen atoms in total. The van der Waals surface area contributed by atoms with Crippen molar-refractivity contribution in [1.29, 1.82) is 0 Å². The van der Waals surface area contributed by atoms with Gasteiger partial charge >= 0.3 is 0 Å². The molecule has 1 N–H and O–H groups in total. The molecule has 1 aliphatic carbocycles. The minimum atomic E-state index is 0.585. The van der Waals surface area contributed by atoms with Crippen LogP contribution in [0.3, 0.4) is 0 Å². The Morgan fingerprint density at radius 2 is 1.62 bits per heavy atom. The SMILES string of the molecule is Cc1cc(C)c(-n2c3ccccc3c3c(N4CCC(NC5CCCC5)C4)cc(C)nc32)c(C)c1. The van der Waals surface area contributed by atoms with Crippen LogP contribution in [0, 0.1) is 27.7 Å². The van der Waals surface area contributed by atoms with Crippen molar-refractivity contribution in [2.24, 2.45) is 0 Å². The molecule has 176 valence electrons. The monoisotopic (exact) mass is 452 g/mol. The van der Waals surface area contributed by atoms with Crippen LogP contribution in [0.5, 0.6) is 0 Å². The maximum Gasteiger partial charge on any atom is 0.147 e. The van der Waals surface area contributed by atoms with Gasteiger partial charge in [-0.3, -0.25) is 4.57 Å². The Balaban J connectivity index is 1.51. The average molecular weight is 453 g/mol. The Kier molecular flexibility index (Phi) is 5.37. The molecule has 2 aromatic carbocycles. The summed E-state index contributed by atoms with van der Waals surface area (Å²) in [6.07, 6.45) is 6.68. The Hall–Kier alpha value is -2.85. The van der Waals surface area contributed by atoms with Gasteiger partial charge in [0.05, 0.1) is 22.3 Å². The van der Waals surface area contributed by atoms with Crippen LogP contribution in [-0.2, 0) is 0 Å². The van der Waals surface area contributed by atoms with Crippen LogP contribution in [-0.4, -0.2) is 34.7 Å². The molecular weight excluding hydrogens is 416 g/mol. The zero-order valence-electron chi connectivity index (χ0n) is 21.0. The molecule has 2 aromatic heterocycles. The summed E-state index contributed by atoms with van der Waals surface area (Å²) >= 11 is 0. The predicted molar refractivity (Wildman–Crippen MR) is 144 cm³/mol. The number of para-hydroxylation sites is 1. The summed E-state index contributed by atoms with van der Waals surface area (Å²) in [7, 11) is 0. The van der Waals surface area contributed by atoms with Crippen LogP contribution in [0.1, 0.15) is 54.5 Å². The molecule has 1 unspecified atom stereocenters. The molecule has 3 heterocycles. The van der Waals surface area contributed by atoms with Gasteiger partial charge in [-0.15, -0.1) is 0 Å². The van der Waals surface area contributed by atoms with Crippen molar-refractivity contribution in [2.75, 3.05) is 18.0 Å². The molecule has 0 amide bonds. The van der Waals surface area contributed by atoms with E-state index < -0.39 is 0 Å². The smallest absolute Gasteiger partial charge is 0.147 e. The number of anilines is 1. The van der Waals surface area contributed by atoms with E-state index >= 15 is 0 Å². The summed E-state index contributed by atoms with van der Waals surface area (Å²) < 4.78 is 2.41. The molecule has 1 saturated heterocycles. The second-order valence-electron chi connectivity index (χ2n) is 10.7. The fourth-order valence-electron chi connectivity index (χ4n) is 6.60. The quantitative estimate of drug-likeness (QED) is 0.382. The van der Waals surface area contributed by atoms with Crippen molar-refractivity contribution in [3.8, 4) is 5.69 Å². The van der Waals surface area contributed by atoms with Crippen molar-refractivity contribution in [3.05, 3.63) is 64.8 Å². The third kappa shape index (κ3) is 3.60. The Morgan fingerprint density at radius 3 is 2.38 bits per heavy atom. The number of hydrogen-bond acceptors (Lipinski definition) is 3. The summed E-state index contributed by atoms with van der Waals surface area (Å²) in [6, 6.07) is 17.0. The highest BCUT2D eigenvalue weighted by molar-refractivity contribution is 6.14. The summed E-state index contributed by atoms with van der Waals surface area (Å²) in [5, 5.41) is 6.56. The summed E-state index contributed by atoms with van der Waals surface area (Å²) in [5.74, 6) is 0. The van der Waals surface area contributed by atoms with Gasteiger partial charge in [0.15, 0.2) is 0 Å². The standard InChI is InChI=1S/C30H36N4/c1-19-15-20(2)29(21(3)16-19)34-26-12-8-7-11-25(26)28-27(17-22(4)31-30(28)34)33-14-13-24(18-33)32-23-9-5-6-10-23/h7-8,11-12,15-17,23-24,32H,5-6,9-10,13-14,18H2,1-4H3. The number of fused-ring (bicyclic) bond motifs is 3. The second-order valence-corrected chi connectivity index (χ2v) is 10.7. The molecule has 1 saturated carbocycles. The van der Waals surface area contributed by atoms with E-state index in [-0.39, 0.29) is 0 Å². The average Bonchev–Trinajstić information content (AvgIpc) is 3.54. The lowest BCUT2D eigenvalue weighted by Gasteiger charge is -2.22. The molecule has 1 atom stereocenters. The van der Waals surface area contributed by atoms with E-state index in [2.05, 4.69) is 84.9 Å². The van der Waals surface area contributed by atoms with Gasteiger partial charge in [0, 0.05) is 36.3 Å². The topological polar surface area (TPSA) is 33.1 Å². The number of aromatic nitrogens is 2. The van der Waals surface area contributed by atoms with Crippen LogP contribution in [0.4, 0.5) is 5.69 Å². The lowest BCUT2D eigenvalue weighted by molar-refractivity contribution is 0.451. The molecule has 4 heteroatoms. The van der Waals surface area contributed by atoms with Crippen molar-refractivity contribution >= 4 is 27.6 Å². The van der Waals surface area contributed by atoms with Gasteiger partial charge in [-0.25, -0.2) is 4.98 Å². The molecule has 2 aliphatic rings. The lowest BCUT2D eigenvalue weighted by Crippen LogP contribution is -2.38. The van der Waals surface area contributed by atoms with Crippen LogP contribution < -0.4 is 10.2 Å². The first-order chi connectivity index (χ1) is 16.5. The van der Waals surface area contributed by atoms with Gasteiger partial charge in [0.1, 0.15) is 5.65 Å². The Bertz CT molecular complexity index is 1350. The number of nitrogens with zero attached hydrogens (tertiary/aromatic N) is 3. The number of aryl methyl sites for hydroxylation is 4. The Morgan fingerprint density at radius 1 is 0.882 bits per heavy atom. The zero-order chi connectivity index (χ0) is 23.4. The third-order valence-electron chi connectivity index (χ3n) is 7.95. The van der Waals surface area contributed by atoms with Crippen LogP contribution in [0.25, 0.3) is 27.6 Å². The molecule has 4 aromatic rings. The van der Waals surface area contributed by atoms with E-state index in [9.17, 15) is 0 Å². The first kappa shape index (κ1) is 21.7. The summed E-state index contributed by atoms with van der Waals surface area (Å²) in [4.78, 5) is 7.76. The largest absolute Gasteiger partial charge is 0.369 e. The number of benzene rings is 2. The zero-order valence-corrected chi connectivity index (χ0v) is 21.0. The summed E-state index contributed by atoms with van der Waals surface area (Å²) in [6.45, 7) is 11.0. The molecule has 2 fully saturated rings. The van der Waals surface area contributed by atoms with E-state index in [0.29, 0.717) is 6.04 Å². The van der Waals surface area contributed by atoms with Gasteiger partial charge in [0.2, 0.25) is 0 Å². The summed E-state index contributed by atoms with van der Waals surface area (Å²) in [5.41, 5.74) is 9.92. The molecule has 0 spiro atoms. The molecular formula is C30H36N4. The van der Waals surface area contributed by atoms with Crippen LogP contribution in [0.15, 0.2) is 42.5 Å². The predicted octanol–water partition coefficient (Wildman–Crippen LogP) is 6.52. The number of rotatable bonds is 4. The first-order valence-electron chi connectivity index (χ1n) is 13.0. The maximum absolute atomic E-state index is 5.15.